The lowest BCUT2D eigenvalue weighted by atomic mass is 10.2. The van der Waals surface area contributed by atoms with E-state index in [1.54, 1.807) is 0 Å². The van der Waals surface area contributed by atoms with Gasteiger partial charge >= 0.3 is 5.97 Å². The lowest BCUT2D eigenvalue weighted by Crippen LogP contribution is -2.14. The zero-order valence-electron chi connectivity index (χ0n) is 10.8. The van der Waals surface area contributed by atoms with E-state index in [0.29, 0.717) is 13.0 Å². The highest BCUT2D eigenvalue weighted by molar-refractivity contribution is 6.39. The van der Waals surface area contributed by atoms with Crippen molar-refractivity contribution in [3.8, 4) is 5.75 Å². The van der Waals surface area contributed by atoms with E-state index >= 15 is 0 Å². The summed E-state index contributed by atoms with van der Waals surface area (Å²) in [5.74, 6) is -0.966. The summed E-state index contributed by atoms with van der Waals surface area (Å²) in [4.78, 5) is 11.0. The maximum absolute atomic E-state index is 11.0. The van der Waals surface area contributed by atoms with Crippen LogP contribution in [0.15, 0.2) is 12.1 Å². The molecular weight excluding hydrogens is 307 g/mol. The topological polar surface area (TPSA) is 65.0 Å². The van der Waals surface area contributed by atoms with Crippen LogP contribution in [0.1, 0.15) is 23.7 Å². The molecule has 1 saturated heterocycles. The predicted molar refractivity (Wildman–Crippen MR) is 73.8 cm³/mol. The molecule has 0 spiro atoms. The van der Waals surface area contributed by atoms with E-state index in [9.17, 15) is 4.79 Å². The first-order chi connectivity index (χ1) is 9.49. The quantitative estimate of drug-likeness (QED) is 0.902. The number of carboxylic acid groups (broad SMARTS) is 1. The molecule has 0 saturated carbocycles. The second-order valence-corrected chi connectivity index (χ2v) is 5.18. The van der Waals surface area contributed by atoms with Crippen LogP contribution in [0.3, 0.4) is 0 Å². The average Bonchev–Trinajstić information content (AvgIpc) is 2.78. The fourth-order valence-electron chi connectivity index (χ4n) is 1.82. The first-order valence-corrected chi connectivity index (χ1v) is 6.85. The van der Waals surface area contributed by atoms with Gasteiger partial charge in [-0.25, -0.2) is 4.79 Å². The number of carbonyl (C=O) groups is 1. The van der Waals surface area contributed by atoms with Gasteiger partial charge < -0.3 is 19.3 Å². The van der Waals surface area contributed by atoms with Crippen LogP contribution in [-0.4, -0.2) is 36.7 Å². The van der Waals surface area contributed by atoms with Crippen molar-refractivity contribution in [2.45, 2.75) is 25.7 Å². The summed E-state index contributed by atoms with van der Waals surface area (Å²) in [6.07, 6.45) is 0.265. The second kappa shape index (κ2) is 6.63. The molecule has 1 aliphatic heterocycles. The van der Waals surface area contributed by atoms with Gasteiger partial charge in [-0.2, -0.15) is 0 Å². The molecule has 2 atom stereocenters. The molecule has 1 heterocycles. The maximum atomic E-state index is 11.0. The monoisotopic (exact) mass is 320 g/mol. The van der Waals surface area contributed by atoms with Gasteiger partial charge in [-0.15, -0.1) is 0 Å². The first-order valence-electron chi connectivity index (χ1n) is 6.10. The van der Waals surface area contributed by atoms with Crippen LogP contribution in [0.5, 0.6) is 5.75 Å². The van der Waals surface area contributed by atoms with E-state index in [4.69, 9.17) is 42.5 Å². The smallest absolute Gasteiger partial charge is 0.337 e. The van der Waals surface area contributed by atoms with Gasteiger partial charge in [-0.3, -0.25) is 0 Å². The van der Waals surface area contributed by atoms with Gasteiger partial charge in [0.25, 0.3) is 0 Å². The van der Waals surface area contributed by atoms with Crippen LogP contribution in [0.2, 0.25) is 10.0 Å². The number of halogens is 2. The molecular formula is C13H14Cl2O5. The molecule has 2 unspecified atom stereocenters. The van der Waals surface area contributed by atoms with Crippen molar-refractivity contribution >= 4 is 29.2 Å². The summed E-state index contributed by atoms with van der Waals surface area (Å²) >= 11 is 11.9. The van der Waals surface area contributed by atoms with Crippen LogP contribution in [0.25, 0.3) is 0 Å². The minimum atomic E-state index is -1.13. The molecule has 2 rings (SSSR count). The van der Waals surface area contributed by atoms with Crippen molar-refractivity contribution in [3.63, 3.8) is 0 Å². The highest BCUT2D eigenvalue weighted by Gasteiger charge is 2.23. The summed E-state index contributed by atoms with van der Waals surface area (Å²) in [6, 6.07) is 2.78. The standard InChI is InChI=1S/C13H14Cl2O5/c1-7-6-19-10(20-7)4-5-18-12-9(14)3-2-8(11(12)15)13(16)17/h2-3,7,10H,4-6H2,1H3,(H,16,17). The third kappa shape index (κ3) is 3.55. The largest absolute Gasteiger partial charge is 0.490 e. The van der Waals surface area contributed by atoms with E-state index in [2.05, 4.69) is 0 Å². The minimum Gasteiger partial charge on any atom is -0.490 e. The molecule has 7 heteroatoms. The van der Waals surface area contributed by atoms with Gasteiger partial charge in [0.05, 0.1) is 34.9 Å². The van der Waals surface area contributed by atoms with Crippen LogP contribution in [0.4, 0.5) is 0 Å². The van der Waals surface area contributed by atoms with Crippen LogP contribution in [0, 0.1) is 0 Å². The molecule has 1 fully saturated rings. The molecule has 1 aromatic carbocycles. The number of hydrogen-bond acceptors (Lipinski definition) is 4. The second-order valence-electron chi connectivity index (χ2n) is 4.39. The van der Waals surface area contributed by atoms with Gasteiger partial charge in [-0.1, -0.05) is 23.2 Å². The third-order valence-electron chi connectivity index (χ3n) is 2.78. The molecule has 0 amide bonds. The van der Waals surface area contributed by atoms with E-state index in [0.717, 1.165) is 0 Å². The number of hydrogen-bond donors (Lipinski definition) is 1. The molecule has 20 heavy (non-hydrogen) atoms. The Morgan fingerprint density at radius 1 is 1.50 bits per heavy atom. The van der Waals surface area contributed by atoms with Crippen molar-refractivity contribution < 1.29 is 24.1 Å². The van der Waals surface area contributed by atoms with Crippen molar-refractivity contribution in [2.24, 2.45) is 0 Å². The van der Waals surface area contributed by atoms with Crippen molar-refractivity contribution in [1.82, 2.24) is 0 Å². The van der Waals surface area contributed by atoms with Gasteiger partial charge in [0.2, 0.25) is 0 Å². The molecule has 0 radical (unpaired) electrons. The molecule has 1 N–H and O–H groups in total. The Morgan fingerprint density at radius 2 is 2.25 bits per heavy atom. The fourth-order valence-corrected chi connectivity index (χ4v) is 2.38. The minimum absolute atomic E-state index is 0.00775. The molecule has 0 aromatic heterocycles. The van der Waals surface area contributed by atoms with Gasteiger partial charge in [0.15, 0.2) is 12.0 Å². The van der Waals surface area contributed by atoms with Gasteiger partial charge in [0.1, 0.15) is 0 Å². The highest BCUT2D eigenvalue weighted by atomic mass is 35.5. The SMILES string of the molecule is CC1COC(CCOc2c(Cl)ccc(C(=O)O)c2Cl)O1. The number of ether oxygens (including phenoxy) is 3. The molecule has 1 aliphatic rings. The van der Waals surface area contributed by atoms with Crippen molar-refractivity contribution in [1.29, 1.82) is 0 Å². The van der Waals surface area contributed by atoms with Crippen LogP contribution >= 0.6 is 23.2 Å². The van der Waals surface area contributed by atoms with E-state index in [-0.39, 0.29) is 40.4 Å². The molecule has 0 bridgehead atoms. The van der Waals surface area contributed by atoms with Crippen LogP contribution < -0.4 is 4.74 Å². The number of aromatic carboxylic acids is 1. The Hall–Kier alpha value is -1.01. The highest BCUT2D eigenvalue weighted by Crippen LogP contribution is 2.35. The van der Waals surface area contributed by atoms with Gasteiger partial charge in [-0.05, 0) is 19.1 Å². The zero-order chi connectivity index (χ0) is 14.7. The molecule has 0 aliphatic carbocycles. The summed E-state index contributed by atoms with van der Waals surface area (Å²) in [6.45, 7) is 2.74. The zero-order valence-corrected chi connectivity index (χ0v) is 12.3. The van der Waals surface area contributed by atoms with Gasteiger partial charge in [0, 0.05) is 6.42 Å². The third-order valence-corrected chi connectivity index (χ3v) is 3.45. The lowest BCUT2D eigenvalue weighted by Gasteiger charge is -2.13. The molecule has 110 valence electrons. The Bertz CT molecular complexity index is 506. The van der Waals surface area contributed by atoms with Crippen molar-refractivity contribution in [2.75, 3.05) is 13.2 Å². The Labute approximate surface area is 126 Å². The summed E-state index contributed by atoms with van der Waals surface area (Å²) in [7, 11) is 0. The predicted octanol–water partition coefficient (Wildman–Crippen LogP) is 3.22. The maximum Gasteiger partial charge on any atom is 0.337 e. The average molecular weight is 321 g/mol. The number of carboxylic acids is 1. The Kier molecular flexibility index (Phi) is 5.10. The van der Waals surface area contributed by atoms with E-state index in [1.165, 1.54) is 12.1 Å². The molecule has 1 aromatic rings. The fraction of sp³-hybridized carbons (Fsp3) is 0.462. The van der Waals surface area contributed by atoms with Crippen LogP contribution in [-0.2, 0) is 9.47 Å². The first kappa shape index (κ1) is 15.4. The lowest BCUT2D eigenvalue weighted by molar-refractivity contribution is -0.0650. The van der Waals surface area contributed by atoms with E-state index < -0.39 is 5.97 Å². The number of benzene rings is 1. The summed E-state index contributed by atoms with van der Waals surface area (Å²) in [5.41, 5.74) is -0.0481. The number of rotatable bonds is 5. The normalized spacial score (nSPS) is 21.9. The molecule has 5 nitrogen and oxygen atoms in total. The summed E-state index contributed by atoms with van der Waals surface area (Å²) in [5, 5.41) is 9.24. The summed E-state index contributed by atoms with van der Waals surface area (Å²) < 4.78 is 16.3. The van der Waals surface area contributed by atoms with Crippen molar-refractivity contribution in [3.05, 3.63) is 27.7 Å². The Morgan fingerprint density at radius 3 is 2.85 bits per heavy atom. The Balaban J connectivity index is 1.98. The van der Waals surface area contributed by atoms with E-state index in [1.807, 2.05) is 6.92 Å².